The Balaban J connectivity index is 2.07. The molecule has 0 aliphatic heterocycles. The molecule has 0 aliphatic carbocycles. The van der Waals surface area contributed by atoms with Gasteiger partial charge in [0.25, 0.3) is 10.0 Å². The number of nitrogens with zero attached hydrogens (tertiary/aromatic N) is 1. The van der Waals surface area contributed by atoms with E-state index in [1.807, 2.05) is 13.8 Å². The van der Waals surface area contributed by atoms with Gasteiger partial charge >= 0.3 is 0 Å². The molecule has 0 unspecified atom stereocenters. The lowest BCUT2D eigenvalue weighted by Crippen LogP contribution is -2.25. The van der Waals surface area contributed by atoms with Gasteiger partial charge in [-0.1, -0.05) is 18.2 Å². The second-order valence-corrected chi connectivity index (χ2v) is 9.28. The maximum absolute atomic E-state index is 12.5. The molecule has 2 aromatic rings. The summed E-state index contributed by atoms with van der Waals surface area (Å²) < 4.78 is 58.1. The van der Waals surface area contributed by atoms with Gasteiger partial charge in [-0.15, -0.1) is 0 Å². The molecular weight excluding hydrogens is 364 g/mol. The molecule has 0 bridgehead atoms. The largest absolute Gasteiger partial charge is 0.379 e. The summed E-state index contributed by atoms with van der Waals surface area (Å²) in [5.41, 5.74) is 0. The molecule has 0 amide bonds. The van der Waals surface area contributed by atoms with Gasteiger partial charge in [-0.2, -0.15) is 0 Å². The summed E-state index contributed by atoms with van der Waals surface area (Å²) in [6, 6.07) is 9.08. The third-order valence-electron chi connectivity index (χ3n) is 3.33. The zero-order valence-electron chi connectivity index (χ0n) is 14.1. The molecule has 0 atom stereocenters. The lowest BCUT2D eigenvalue weighted by atomic mass is 10.4. The highest BCUT2D eigenvalue weighted by molar-refractivity contribution is 7.90. The smallest absolute Gasteiger partial charge is 0.267 e. The lowest BCUT2D eigenvalue weighted by molar-refractivity contribution is 0.0778. The number of ether oxygens (including phenoxy) is 1. The van der Waals surface area contributed by atoms with E-state index in [0.717, 1.165) is 10.2 Å². The summed E-state index contributed by atoms with van der Waals surface area (Å²) in [5.74, 6) is 0. The van der Waals surface area contributed by atoms with Crippen molar-refractivity contribution in [2.24, 2.45) is 0 Å². The summed E-state index contributed by atoms with van der Waals surface area (Å²) in [4.78, 5) is -0.00914. The average molecular weight is 386 g/mol. The second kappa shape index (κ2) is 8.13. The first-order valence-electron chi connectivity index (χ1n) is 7.83. The van der Waals surface area contributed by atoms with Gasteiger partial charge in [0.1, 0.15) is 4.90 Å². The molecule has 2 rings (SSSR count). The molecule has 9 heteroatoms. The van der Waals surface area contributed by atoms with Gasteiger partial charge in [0.15, 0.2) is 0 Å². The van der Waals surface area contributed by atoms with E-state index in [-0.39, 0.29) is 22.4 Å². The van der Waals surface area contributed by atoms with E-state index in [0.29, 0.717) is 13.0 Å². The van der Waals surface area contributed by atoms with Gasteiger partial charge in [0, 0.05) is 25.5 Å². The molecule has 1 heterocycles. The Hall–Kier alpha value is -1.68. The molecule has 1 N–H and O–H groups in total. The minimum Gasteiger partial charge on any atom is -0.379 e. The number of nitrogens with one attached hydrogen (secondary N) is 1. The van der Waals surface area contributed by atoms with Crippen molar-refractivity contribution < 1.29 is 21.6 Å². The normalized spacial score (nSPS) is 12.6. The third-order valence-corrected chi connectivity index (χ3v) is 6.43. The first-order chi connectivity index (χ1) is 11.7. The van der Waals surface area contributed by atoms with Crippen molar-refractivity contribution in [3.8, 4) is 0 Å². The molecule has 7 nitrogen and oxygen atoms in total. The van der Waals surface area contributed by atoms with Crippen LogP contribution >= 0.6 is 0 Å². The number of benzene rings is 1. The molecule has 138 valence electrons. The Labute approximate surface area is 148 Å². The van der Waals surface area contributed by atoms with Crippen LogP contribution in [0, 0.1) is 0 Å². The van der Waals surface area contributed by atoms with E-state index < -0.39 is 20.0 Å². The Bertz CT molecular complexity index is 888. The summed E-state index contributed by atoms with van der Waals surface area (Å²) >= 11 is 0. The topological polar surface area (TPSA) is 94.5 Å². The maximum atomic E-state index is 12.5. The molecular formula is C16H22N2O5S2. The zero-order chi connectivity index (χ0) is 18.5. The number of rotatable bonds is 9. The fraction of sp³-hybridized carbons (Fsp3) is 0.375. The van der Waals surface area contributed by atoms with Crippen LogP contribution in [0.2, 0.25) is 0 Å². The van der Waals surface area contributed by atoms with Crippen LogP contribution in [-0.4, -0.2) is 40.1 Å². The van der Waals surface area contributed by atoms with Gasteiger partial charge in [0.05, 0.1) is 11.0 Å². The number of sulfonamides is 1. The third kappa shape index (κ3) is 5.15. The van der Waals surface area contributed by atoms with E-state index in [2.05, 4.69) is 4.72 Å². The first kappa shape index (κ1) is 19.6. The first-order valence-corrected chi connectivity index (χ1v) is 10.8. The van der Waals surface area contributed by atoms with Crippen molar-refractivity contribution in [3.63, 3.8) is 0 Å². The Kier molecular flexibility index (Phi) is 6.39. The van der Waals surface area contributed by atoms with Crippen molar-refractivity contribution in [1.82, 2.24) is 8.69 Å². The van der Waals surface area contributed by atoms with Crippen LogP contribution in [0.4, 0.5) is 0 Å². The van der Waals surface area contributed by atoms with E-state index >= 15 is 0 Å². The fourth-order valence-corrected chi connectivity index (χ4v) is 4.42. The van der Waals surface area contributed by atoms with Crippen molar-refractivity contribution >= 4 is 20.0 Å². The lowest BCUT2D eigenvalue weighted by Gasteiger charge is -2.08. The monoisotopic (exact) mass is 386 g/mol. The summed E-state index contributed by atoms with van der Waals surface area (Å²) in [6.45, 7) is 4.47. The van der Waals surface area contributed by atoms with Gasteiger partial charge < -0.3 is 4.74 Å². The van der Waals surface area contributed by atoms with Crippen LogP contribution in [0.5, 0.6) is 0 Å². The van der Waals surface area contributed by atoms with Crippen LogP contribution < -0.4 is 4.72 Å². The molecule has 1 aromatic carbocycles. The predicted octanol–water partition coefficient (Wildman–Crippen LogP) is 1.82. The van der Waals surface area contributed by atoms with Crippen LogP contribution in [0.25, 0.3) is 0 Å². The summed E-state index contributed by atoms with van der Waals surface area (Å²) in [6.07, 6.45) is 2.93. The number of hydrogen-bond acceptors (Lipinski definition) is 5. The Morgan fingerprint density at radius 1 is 1.04 bits per heavy atom. The van der Waals surface area contributed by atoms with E-state index in [4.69, 9.17) is 4.74 Å². The number of aromatic nitrogens is 1. The average Bonchev–Trinajstić information content (AvgIpc) is 3.07. The van der Waals surface area contributed by atoms with Crippen LogP contribution in [-0.2, 0) is 24.8 Å². The minimum atomic E-state index is -3.81. The van der Waals surface area contributed by atoms with Crippen molar-refractivity contribution in [1.29, 1.82) is 0 Å². The molecule has 0 saturated heterocycles. The molecule has 0 spiro atoms. The van der Waals surface area contributed by atoms with Crippen molar-refractivity contribution in [2.75, 3.05) is 13.2 Å². The van der Waals surface area contributed by atoms with Crippen LogP contribution in [0.1, 0.15) is 20.3 Å². The Morgan fingerprint density at radius 3 is 2.36 bits per heavy atom. The van der Waals surface area contributed by atoms with E-state index in [1.165, 1.54) is 24.4 Å². The SMILES string of the molecule is CC(C)OCCCNS(=O)(=O)c1ccn(S(=O)(=O)c2ccccc2)c1. The van der Waals surface area contributed by atoms with Gasteiger partial charge in [-0.25, -0.2) is 25.5 Å². The Morgan fingerprint density at radius 2 is 1.72 bits per heavy atom. The second-order valence-electron chi connectivity index (χ2n) is 5.67. The highest BCUT2D eigenvalue weighted by Crippen LogP contribution is 2.17. The molecule has 0 radical (unpaired) electrons. The minimum absolute atomic E-state index is 0.0911. The van der Waals surface area contributed by atoms with Gasteiger partial charge in [-0.05, 0) is 38.5 Å². The molecule has 0 saturated carbocycles. The van der Waals surface area contributed by atoms with Crippen LogP contribution in [0.3, 0.4) is 0 Å². The predicted molar refractivity (Wildman–Crippen MR) is 94.4 cm³/mol. The molecule has 25 heavy (non-hydrogen) atoms. The summed E-state index contributed by atoms with van der Waals surface area (Å²) in [7, 11) is -7.59. The quantitative estimate of drug-likeness (QED) is 0.664. The van der Waals surface area contributed by atoms with Crippen molar-refractivity contribution in [3.05, 3.63) is 48.8 Å². The molecule has 0 aliphatic rings. The standard InChI is InChI=1S/C16H22N2O5S2/c1-14(2)23-12-6-10-17-24(19,20)16-9-11-18(13-16)25(21,22)15-7-4-3-5-8-15/h3-5,7-9,11,13-14,17H,6,10,12H2,1-2H3. The number of hydrogen-bond donors (Lipinski definition) is 1. The molecule has 1 aromatic heterocycles. The highest BCUT2D eigenvalue weighted by Gasteiger charge is 2.21. The maximum Gasteiger partial charge on any atom is 0.267 e. The van der Waals surface area contributed by atoms with Crippen LogP contribution in [0.15, 0.2) is 58.6 Å². The highest BCUT2D eigenvalue weighted by atomic mass is 32.2. The van der Waals surface area contributed by atoms with Crippen molar-refractivity contribution in [2.45, 2.75) is 36.2 Å². The van der Waals surface area contributed by atoms with Gasteiger partial charge in [-0.3, -0.25) is 0 Å². The van der Waals surface area contributed by atoms with E-state index in [9.17, 15) is 16.8 Å². The van der Waals surface area contributed by atoms with E-state index in [1.54, 1.807) is 18.2 Å². The zero-order valence-corrected chi connectivity index (χ0v) is 15.8. The fourth-order valence-electron chi connectivity index (χ4n) is 2.06. The van der Waals surface area contributed by atoms with Gasteiger partial charge in [0.2, 0.25) is 10.0 Å². The summed E-state index contributed by atoms with van der Waals surface area (Å²) in [5, 5.41) is 0. The molecule has 0 fully saturated rings.